The number of H-pyrrole nitrogens is 1. The van der Waals surface area contributed by atoms with Gasteiger partial charge in [0.15, 0.2) is 11.5 Å². The van der Waals surface area contributed by atoms with Crippen LogP contribution in [0.2, 0.25) is 0 Å². The van der Waals surface area contributed by atoms with Crippen molar-refractivity contribution in [2.45, 2.75) is 19.8 Å². The second kappa shape index (κ2) is 7.47. The van der Waals surface area contributed by atoms with Crippen molar-refractivity contribution < 1.29 is 14.2 Å². The molecule has 26 heavy (non-hydrogen) atoms. The van der Waals surface area contributed by atoms with Crippen molar-refractivity contribution in [3.05, 3.63) is 42.0 Å². The molecule has 6 heteroatoms. The van der Waals surface area contributed by atoms with Crippen LogP contribution in [0.15, 0.2) is 36.4 Å². The lowest BCUT2D eigenvalue weighted by Crippen LogP contribution is -1.97. The summed E-state index contributed by atoms with van der Waals surface area (Å²) in [5.41, 5.74) is 4.49. The monoisotopic (exact) mass is 353 g/mol. The SMILES string of the molecule is COc1ccc(-c2n[nH]nc2-c2ccc(C(C)C)cc2)c(OC)c1OC. The fraction of sp³-hybridized carbons (Fsp3) is 0.300. The van der Waals surface area contributed by atoms with Crippen molar-refractivity contribution in [1.29, 1.82) is 0 Å². The molecule has 2 aromatic carbocycles. The van der Waals surface area contributed by atoms with E-state index in [0.29, 0.717) is 28.9 Å². The third kappa shape index (κ3) is 3.10. The number of nitrogens with one attached hydrogen (secondary N) is 1. The van der Waals surface area contributed by atoms with E-state index in [2.05, 4.69) is 53.5 Å². The predicted octanol–water partition coefficient (Wildman–Crippen LogP) is 4.29. The largest absolute Gasteiger partial charge is 0.493 e. The molecular weight excluding hydrogens is 330 g/mol. The third-order valence-electron chi connectivity index (χ3n) is 4.36. The van der Waals surface area contributed by atoms with Gasteiger partial charge in [-0.2, -0.15) is 15.4 Å². The molecule has 0 saturated carbocycles. The predicted molar refractivity (Wildman–Crippen MR) is 101 cm³/mol. The zero-order chi connectivity index (χ0) is 18.7. The second-order valence-electron chi connectivity index (χ2n) is 6.18. The molecule has 6 nitrogen and oxygen atoms in total. The fourth-order valence-electron chi connectivity index (χ4n) is 2.93. The Balaban J connectivity index is 2.11. The molecule has 0 saturated heterocycles. The van der Waals surface area contributed by atoms with Crippen LogP contribution in [0.1, 0.15) is 25.3 Å². The van der Waals surface area contributed by atoms with E-state index in [9.17, 15) is 0 Å². The average molecular weight is 353 g/mol. The van der Waals surface area contributed by atoms with Crippen LogP contribution in [0.5, 0.6) is 17.2 Å². The molecule has 0 fully saturated rings. The van der Waals surface area contributed by atoms with Crippen molar-refractivity contribution in [3.8, 4) is 39.8 Å². The topological polar surface area (TPSA) is 69.3 Å². The molecule has 136 valence electrons. The van der Waals surface area contributed by atoms with E-state index >= 15 is 0 Å². The van der Waals surface area contributed by atoms with Gasteiger partial charge >= 0.3 is 0 Å². The van der Waals surface area contributed by atoms with Gasteiger partial charge in [0.25, 0.3) is 0 Å². The maximum absolute atomic E-state index is 5.59. The highest BCUT2D eigenvalue weighted by Crippen LogP contribution is 2.45. The minimum Gasteiger partial charge on any atom is -0.493 e. The maximum atomic E-state index is 5.59. The molecule has 0 unspecified atom stereocenters. The molecule has 0 bridgehead atoms. The number of benzene rings is 2. The Kier molecular flexibility index (Phi) is 5.11. The zero-order valence-corrected chi connectivity index (χ0v) is 15.7. The van der Waals surface area contributed by atoms with Gasteiger partial charge < -0.3 is 14.2 Å². The van der Waals surface area contributed by atoms with E-state index in [1.54, 1.807) is 21.3 Å². The van der Waals surface area contributed by atoms with Gasteiger partial charge in [0.05, 0.1) is 26.9 Å². The molecule has 0 amide bonds. The van der Waals surface area contributed by atoms with Crippen LogP contribution in [0.25, 0.3) is 22.5 Å². The Hall–Kier alpha value is -3.02. The van der Waals surface area contributed by atoms with Crippen LogP contribution in [0, 0.1) is 0 Å². The van der Waals surface area contributed by atoms with Gasteiger partial charge in [-0.25, -0.2) is 0 Å². The van der Waals surface area contributed by atoms with E-state index in [-0.39, 0.29) is 0 Å². The van der Waals surface area contributed by atoms with Crippen LogP contribution in [-0.2, 0) is 0 Å². The molecule has 0 radical (unpaired) electrons. The minimum absolute atomic E-state index is 0.478. The molecule has 0 aliphatic carbocycles. The van der Waals surface area contributed by atoms with Crippen LogP contribution in [0.4, 0.5) is 0 Å². The second-order valence-corrected chi connectivity index (χ2v) is 6.18. The quantitative estimate of drug-likeness (QED) is 0.716. The standard InChI is InChI=1S/C20H23N3O3/c1-12(2)13-6-8-14(9-7-13)17-18(22-23-21-17)15-10-11-16(24-3)20(26-5)19(15)25-4/h6-12H,1-5H3,(H,21,22,23). The number of rotatable bonds is 6. The van der Waals surface area contributed by atoms with Crippen molar-refractivity contribution in [2.24, 2.45) is 0 Å². The highest BCUT2D eigenvalue weighted by molar-refractivity contribution is 5.83. The number of hydrogen-bond donors (Lipinski definition) is 1. The first kappa shape index (κ1) is 17.8. The summed E-state index contributed by atoms with van der Waals surface area (Å²) in [5, 5.41) is 11.4. The normalized spacial score (nSPS) is 10.8. The molecule has 1 heterocycles. The number of aromatic nitrogens is 3. The van der Waals surface area contributed by atoms with Crippen molar-refractivity contribution in [3.63, 3.8) is 0 Å². The van der Waals surface area contributed by atoms with Gasteiger partial charge in [0.1, 0.15) is 11.4 Å². The van der Waals surface area contributed by atoms with E-state index in [0.717, 1.165) is 16.8 Å². The van der Waals surface area contributed by atoms with Crippen molar-refractivity contribution in [2.75, 3.05) is 21.3 Å². The van der Waals surface area contributed by atoms with Gasteiger partial charge in [0, 0.05) is 5.56 Å². The van der Waals surface area contributed by atoms with Gasteiger partial charge in [-0.3, -0.25) is 0 Å². The molecule has 0 atom stereocenters. The number of methoxy groups -OCH3 is 3. The minimum atomic E-state index is 0.478. The van der Waals surface area contributed by atoms with Crippen molar-refractivity contribution in [1.82, 2.24) is 15.4 Å². The molecule has 0 spiro atoms. The summed E-state index contributed by atoms with van der Waals surface area (Å²) in [5.74, 6) is 2.16. The maximum Gasteiger partial charge on any atom is 0.203 e. The van der Waals surface area contributed by atoms with Gasteiger partial charge in [0.2, 0.25) is 5.75 Å². The molecular formula is C20H23N3O3. The summed E-state index contributed by atoms with van der Waals surface area (Å²) >= 11 is 0. The van der Waals surface area contributed by atoms with E-state index in [1.165, 1.54) is 5.56 Å². The highest BCUT2D eigenvalue weighted by Gasteiger charge is 2.22. The summed E-state index contributed by atoms with van der Waals surface area (Å²) in [7, 11) is 4.77. The fourth-order valence-corrected chi connectivity index (χ4v) is 2.93. The van der Waals surface area contributed by atoms with Crippen LogP contribution in [0.3, 0.4) is 0 Å². The Labute approximate surface area is 153 Å². The lowest BCUT2D eigenvalue weighted by atomic mass is 9.99. The Morgan fingerprint density at radius 1 is 0.769 bits per heavy atom. The molecule has 0 aliphatic heterocycles. The number of ether oxygens (including phenoxy) is 3. The Bertz CT molecular complexity index is 886. The van der Waals surface area contributed by atoms with Crippen LogP contribution >= 0.6 is 0 Å². The summed E-state index contributed by atoms with van der Waals surface area (Å²) in [6.07, 6.45) is 0. The van der Waals surface area contributed by atoms with Gasteiger partial charge in [-0.1, -0.05) is 38.1 Å². The molecule has 1 N–H and O–H groups in total. The number of nitrogens with zero attached hydrogens (tertiary/aromatic N) is 2. The van der Waals surface area contributed by atoms with Crippen molar-refractivity contribution >= 4 is 0 Å². The summed E-state index contributed by atoms with van der Waals surface area (Å²) in [6, 6.07) is 12.1. The van der Waals surface area contributed by atoms with Crippen LogP contribution < -0.4 is 14.2 Å². The lowest BCUT2D eigenvalue weighted by molar-refractivity contribution is 0.325. The van der Waals surface area contributed by atoms with E-state index in [1.807, 2.05) is 12.1 Å². The van der Waals surface area contributed by atoms with Gasteiger partial charge in [-0.05, 0) is 23.6 Å². The number of aromatic amines is 1. The molecule has 3 aromatic rings. The Morgan fingerprint density at radius 3 is 2.00 bits per heavy atom. The van der Waals surface area contributed by atoms with E-state index in [4.69, 9.17) is 14.2 Å². The molecule has 0 aliphatic rings. The van der Waals surface area contributed by atoms with Gasteiger partial charge in [-0.15, -0.1) is 0 Å². The Morgan fingerprint density at radius 2 is 1.42 bits per heavy atom. The summed E-state index contributed by atoms with van der Waals surface area (Å²) < 4.78 is 16.4. The highest BCUT2D eigenvalue weighted by atomic mass is 16.5. The summed E-state index contributed by atoms with van der Waals surface area (Å²) in [6.45, 7) is 4.34. The zero-order valence-electron chi connectivity index (χ0n) is 15.7. The summed E-state index contributed by atoms with van der Waals surface area (Å²) in [4.78, 5) is 0. The first-order chi connectivity index (χ1) is 12.6. The third-order valence-corrected chi connectivity index (χ3v) is 4.36. The first-order valence-corrected chi connectivity index (χ1v) is 8.41. The first-order valence-electron chi connectivity index (χ1n) is 8.41. The van der Waals surface area contributed by atoms with E-state index < -0.39 is 0 Å². The van der Waals surface area contributed by atoms with Crippen LogP contribution in [-0.4, -0.2) is 36.7 Å². The smallest absolute Gasteiger partial charge is 0.203 e. The molecule has 1 aromatic heterocycles. The lowest BCUT2D eigenvalue weighted by Gasteiger charge is -2.15. The molecule has 3 rings (SSSR count). The number of hydrogen-bond acceptors (Lipinski definition) is 5. The average Bonchev–Trinajstić information content (AvgIpc) is 3.16.